The number of halogens is 1. The molecule has 0 spiro atoms. The zero-order valence-corrected chi connectivity index (χ0v) is 8.80. The van der Waals surface area contributed by atoms with E-state index in [-0.39, 0.29) is 0 Å². The first kappa shape index (κ1) is 8.31. The Morgan fingerprint density at radius 3 is 3.25 bits per heavy atom. The molecule has 1 aliphatic heterocycles. The van der Waals surface area contributed by atoms with Crippen LogP contribution in [0, 0.1) is 3.57 Å². The highest BCUT2D eigenvalue weighted by atomic mass is 127. The summed E-state index contributed by atoms with van der Waals surface area (Å²) in [5.41, 5.74) is 2.51. The standard InChI is InChI=1S/C9H10INO/c10-8-2-1-3-9-7(8)6-12-5-4-11-9/h1-3,11H,4-6H2. The Hall–Kier alpha value is -0.290. The number of ether oxygens (including phenoxy) is 1. The number of hydrogen-bond acceptors (Lipinski definition) is 2. The second kappa shape index (κ2) is 3.62. The number of nitrogens with one attached hydrogen (secondary N) is 1. The van der Waals surface area contributed by atoms with Crippen LogP contribution in [0.4, 0.5) is 5.69 Å². The van der Waals surface area contributed by atoms with E-state index in [9.17, 15) is 0 Å². The van der Waals surface area contributed by atoms with Crippen molar-refractivity contribution in [3.8, 4) is 0 Å². The third-order valence-electron chi connectivity index (χ3n) is 1.93. The maximum atomic E-state index is 5.43. The van der Waals surface area contributed by atoms with Gasteiger partial charge in [-0.25, -0.2) is 0 Å². The molecule has 64 valence electrons. The summed E-state index contributed by atoms with van der Waals surface area (Å²) in [6.07, 6.45) is 0. The van der Waals surface area contributed by atoms with Crippen LogP contribution in [0.3, 0.4) is 0 Å². The van der Waals surface area contributed by atoms with E-state index < -0.39 is 0 Å². The minimum absolute atomic E-state index is 0.738. The fourth-order valence-corrected chi connectivity index (χ4v) is 1.96. The Morgan fingerprint density at radius 1 is 1.42 bits per heavy atom. The van der Waals surface area contributed by atoms with Crippen molar-refractivity contribution in [2.24, 2.45) is 0 Å². The highest BCUT2D eigenvalue weighted by Crippen LogP contribution is 2.23. The van der Waals surface area contributed by atoms with Gasteiger partial charge in [0.2, 0.25) is 0 Å². The Bertz CT molecular complexity index is 288. The molecule has 0 unspecified atom stereocenters. The van der Waals surface area contributed by atoms with E-state index >= 15 is 0 Å². The first-order valence-corrected chi connectivity index (χ1v) is 5.05. The molecule has 3 heteroatoms. The molecule has 0 aliphatic carbocycles. The van der Waals surface area contributed by atoms with Gasteiger partial charge < -0.3 is 10.1 Å². The molecular weight excluding hydrogens is 265 g/mol. The third kappa shape index (κ3) is 1.56. The van der Waals surface area contributed by atoms with E-state index in [1.54, 1.807) is 0 Å². The molecule has 0 amide bonds. The van der Waals surface area contributed by atoms with Crippen molar-refractivity contribution >= 4 is 28.3 Å². The van der Waals surface area contributed by atoms with Gasteiger partial charge in [0.1, 0.15) is 0 Å². The van der Waals surface area contributed by atoms with E-state index in [1.807, 2.05) is 0 Å². The van der Waals surface area contributed by atoms with Gasteiger partial charge in [-0.2, -0.15) is 0 Å². The first-order valence-electron chi connectivity index (χ1n) is 3.97. The van der Waals surface area contributed by atoms with Gasteiger partial charge in [-0.05, 0) is 34.7 Å². The third-order valence-corrected chi connectivity index (χ3v) is 2.94. The summed E-state index contributed by atoms with van der Waals surface area (Å²) < 4.78 is 6.71. The number of benzene rings is 1. The fraction of sp³-hybridized carbons (Fsp3) is 0.333. The van der Waals surface area contributed by atoms with Crippen molar-refractivity contribution in [2.45, 2.75) is 6.61 Å². The maximum absolute atomic E-state index is 5.43. The molecule has 0 bridgehead atoms. The van der Waals surface area contributed by atoms with Crippen molar-refractivity contribution in [1.82, 2.24) is 0 Å². The molecule has 1 aromatic rings. The van der Waals surface area contributed by atoms with Crippen LogP contribution in [-0.4, -0.2) is 13.2 Å². The van der Waals surface area contributed by atoms with Crippen LogP contribution in [0.1, 0.15) is 5.56 Å². The second-order valence-corrected chi connectivity index (χ2v) is 3.91. The summed E-state index contributed by atoms with van der Waals surface area (Å²) in [4.78, 5) is 0. The van der Waals surface area contributed by atoms with Crippen LogP contribution in [0.25, 0.3) is 0 Å². The molecule has 1 aliphatic rings. The van der Waals surface area contributed by atoms with Crippen molar-refractivity contribution in [2.75, 3.05) is 18.5 Å². The molecule has 0 aromatic heterocycles. The molecule has 0 fully saturated rings. The summed E-state index contributed by atoms with van der Waals surface area (Å²) in [6, 6.07) is 6.28. The predicted molar refractivity (Wildman–Crippen MR) is 57.3 cm³/mol. The molecule has 0 atom stereocenters. The Labute approximate surface area is 85.4 Å². The minimum atomic E-state index is 0.738. The Kier molecular flexibility index (Phi) is 2.51. The van der Waals surface area contributed by atoms with Gasteiger partial charge in [0.15, 0.2) is 0 Å². The molecule has 0 radical (unpaired) electrons. The van der Waals surface area contributed by atoms with Crippen LogP contribution in [0.5, 0.6) is 0 Å². The lowest BCUT2D eigenvalue weighted by molar-refractivity contribution is 0.134. The zero-order chi connectivity index (χ0) is 8.39. The molecule has 2 rings (SSSR count). The molecule has 1 aromatic carbocycles. The largest absolute Gasteiger partial charge is 0.382 e. The topological polar surface area (TPSA) is 21.3 Å². The first-order chi connectivity index (χ1) is 5.88. The number of anilines is 1. The quantitative estimate of drug-likeness (QED) is 0.733. The van der Waals surface area contributed by atoms with Crippen molar-refractivity contribution in [3.05, 3.63) is 27.3 Å². The summed E-state index contributed by atoms with van der Waals surface area (Å²) in [5, 5.41) is 3.34. The second-order valence-electron chi connectivity index (χ2n) is 2.75. The molecule has 0 saturated heterocycles. The molecule has 1 N–H and O–H groups in total. The van der Waals surface area contributed by atoms with Crippen molar-refractivity contribution in [3.63, 3.8) is 0 Å². The van der Waals surface area contributed by atoms with Crippen molar-refractivity contribution in [1.29, 1.82) is 0 Å². The SMILES string of the molecule is Ic1cccc2c1COCCN2. The monoisotopic (exact) mass is 275 g/mol. The van der Waals surface area contributed by atoms with E-state index in [1.165, 1.54) is 14.8 Å². The van der Waals surface area contributed by atoms with Crippen LogP contribution in [0.2, 0.25) is 0 Å². The predicted octanol–water partition coefficient (Wildman–Crippen LogP) is 2.23. The number of hydrogen-bond donors (Lipinski definition) is 1. The molecule has 2 nitrogen and oxygen atoms in total. The van der Waals surface area contributed by atoms with Gasteiger partial charge in [-0.15, -0.1) is 0 Å². The Morgan fingerprint density at radius 2 is 2.33 bits per heavy atom. The van der Waals surface area contributed by atoms with Gasteiger partial charge in [0.05, 0.1) is 13.2 Å². The van der Waals surface area contributed by atoms with Gasteiger partial charge >= 0.3 is 0 Å². The summed E-state index contributed by atoms with van der Waals surface area (Å²) in [7, 11) is 0. The number of fused-ring (bicyclic) bond motifs is 1. The Balaban J connectivity index is 2.42. The summed E-state index contributed by atoms with van der Waals surface area (Å²) in [6.45, 7) is 2.44. The summed E-state index contributed by atoms with van der Waals surface area (Å²) in [5.74, 6) is 0. The van der Waals surface area contributed by atoms with Crippen LogP contribution >= 0.6 is 22.6 Å². The van der Waals surface area contributed by atoms with E-state index in [4.69, 9.17) is 4.74 Å². The summed E-state index contributed by atoms with van der Waals surface area (Å²) >= 11 is 2.34. The van der Waals surface area contributed by atoms with Gasteiger partial charge in [-0.3, -0.25) is 0 Å². The van der Waals surface area contributed by atoms with E-state index in [0.29, 0.717) is 0 Å². The van der Waals surface area contributed by atoms with Gasteiger partial charge in [0, 0.05) is 21.4 Å². The van der Waals surface area contributed by atoms with Crippen LogP contribution in [-0.2, 0) is 11.3 Å². The lowest BCUT2D eigenvalue weighted by Gasteiger charge is -2.07. The minimum Gasteiger partial charge on any atom is -0.382 e. The van der Waals surface area contributed by atoms with Crippen molar-refractivity contribution < 1.29 is 4.74 Å². The highest BCUT2D eigenvalue weighted by Gasteiger charge is 2.08. The normalized spacial score (nSPS) is 16.1. The van der Waals surface area contributed by atoms with Gasteiger partial charge in [-0.1, -0.05) is 6.07 Å². The zero-order valence-electron chi connectivity index (χ0n) is 6.64. The van der Waals surface area contributed by atoms with Gasteiger partial charge in [0.25, 0.3) is 0 Å². The smallest absolute Gasteiger partial charge is 0.0748 e. The molecule has 12 heavy (non-hydrogen) atoms. The molecule has 0 saturated carbocycles. The molecule has 1 heterocycles. The van der Waals surface area contributed by atoms with E-state index in [0.717, 1.165) is 19.8 Å². The average molecular weight is 275 g/mol. The lowest BCUT2D eigenvalue weighted by Crippen LogP contribution is -2.04. The van der Waals surface area contributed by atoms with E-state index in [2.05, 4.69) is 46.1 Å². The van der Waals surface area contributed by atoms with Crippen LogP contribution in [0.15, 0.2) is 18.2 Å². The number of rotatable bonds is 0. The lowest BCUT2D eigenvalue weighted by atomic mass is 10.2. The molecular formula is C9H10INO. The fourth-order valence-electron chi connectivity index (χ4n) is 1.30. The van der Waals surface area contributed by atoms with Crippen LogP contribution < -0.4 is 5.32 Å². The average Bonchev–Trinajstić information content (AvgIpc) is 2.30. The maximum Gasteiger partial charge on any atom is 0.0748 e. The highest BCUT2D eigenvalue weighted by molar-refractivity contribution is 14.1.